The van der Waals surface area contributed by atoms with Crippen molar-refractivity contribution in [2.75, 3.05) is 26.2 Å². The van der Waals surface area contributed by atoms with Gasteiger partial charge in [0.25, 0.3) is 0 Å². The van der Waals surface area contributed by atoms with Crippen molar-refractivity contribution < 1.29 is 4.74 Å². The van der Waals surface area contributed by atoms with Gasteiger partial charge in [0.1, 0.15) is 5.72 Å². The zero-order chi connectivity index (χ0) is 11.7. The Hall–Kier alpha value is -0.120. The summed E-state index contributed by atoms with van der Waals surface area (Å²) >= 11 is 0. The Morgan fingerprint density at radius 1 is 1.12 bits per heavy atom. The van der Waals surface area contributed by atoms with Gasteiger partial charge in [0.05, 0.1) is 5.60 Å². The van der Waals surface area contributed by atoms with E-state index in [9.17, 15) is 0 Å². The van der Waals surface area contributed by atoms with Crippen molar-refractivity contribution in [3.8, 4) is 0 Å². The minimum Gasteiger partial charge on any atom is -0.354 e. The van der Waals surface area contributed by atoms with E-state index in [0.717, 1.165) is 30.7 Å². The fourth-order valence-corrected chi connectivity index (χ4v) is 4.92. The maximum Gasteiger partial charge on any atom is 0.128 e. The molecule has 5 rings (SSSR count). The lowest BCUT2D eigenvalue weighted by Crippen LogP contribution is -2.75. The summed E-state index contributed by atoms with van der Waals surface area (Å²) in [7, 11) is 0. The largest absolute Gasteiger partial charge is 0.354 e. The highest BCUT2D eigenvalue weighted by atomic mass is 16.5. The molecular formula is C14H24N2O. The van der Waals surface area contributed by atoms with Gasteiger partial charge in [0.15, 0.2) is 0 Å². The number of hydrogen-bond acceptors (Lipinski definition) is 3. The number of nitrogens with zero attached hydrogens (tertiary/aromatic N) is 1. The third kappa shape index (κ3) is 1.45. The van der Waals surface area contributed by atoms with Gasteiger partial charge in [0.2, 0.25) is 0 Å². The molecule has 2 atom stereocenters. The summed E-state index contributed by atoms with van der Waals surface area (Å²) in [5, 5.41) is 3.78. The third-order valence-electron chi connectivity index (χ3n) is 5.50. The lowest BCUT2D eigenvalue weighted by atomic mass is 9.62. The van der Waals surface area contributed by atoms with Crippen molar-refractivity contribution in [3.05, 3.63) is 0 Å². The molecule has 0 aromatic carbocycles. The summed E-state index contributed by atoms with van der Waals surface area (Å²) in [6.45, 7) is 9.53. The van der Waals surface area contributed by atoms with E-state index in [-0.39, 0.29) is 11.3 Å². The van der Waals surface area contributed by atoms with Gasteiger partial charge in [-0.3, -0.25) is 5.32 Å². The first-order valence-electron chi connectivity index (χ1n) is 7.25. The SMILES string of the molecule is CC1(C)CCNC2(O1)C1CC3CC2CN(C3)C1. The van der Waals surface area contributed by atoms with Crippen LogP contribution in [0, 0.1) is 17.8 Å². The van der Waals surface area contributed by atoms with Crippen LogP contribution in [0.15, 0.2) is 0 Å². The number of ether oxygens (including phenoxy) is 1. The van der Waals surface area contributed by atoms with E-state index in [4.69, 9.17) is 4.74 Å². The Labute approximate surface area is 104 Å². The highest BCUT2D eigenvalue weighted by Crippen LogP contribution is 2.52. The van der Waals surface area contributed by atoms with Gasteiger partial charge >= 0.3 is 0 Å². The highest BCUT2D eigenvalue weighted by molar-refractivity contribution is 5.09. The predicted molar refractivity (Wildman–Crippen MR) is 66.7 cm³/mol. The summed E-state index contributed by atoms with van der Waals surface area (Å²) in [6.07, 6.45) is 3.91. The molecule has 5 fully saturated rings. The maximum atomic E-state index is 6.60. The fourth-order valence-electron chi connectivity index (χ4n) is 4.92. The summed E-state index contributed by atoms with van der Waals surface area (Å²) in [4.78, 5) is 2.67. The second kappa shape index (κ2) is 3.25. The van der Waals surface area contributed by atoms with Crippen molar-refractivity contribution in [2.24, 2.45) is 17.8 Å². The minimum absolute atomic E-state index is 0.0230. The fraction of sp³-hybridized carbons (Fsp3) is 1.00. The van der Waals surface area contributed by atoms with Gasteiger partial charge < -0.3 is 9.64 Å². The quantitative estimate of drug-likeness (QED) is 0.689. The van der Waals surface area contributed by atoms with E-state index >= 15 is 0 Å². The van der Waals surface area contributed by atoms with Crippen LogP contribution in [0.4, 0.5) is 0 Å². The molecule has 4 aliphatic heterocycles. The first-order valence-corrected chi connectivity index (χ1v) is 7.25. The molecule has 96 valence electrons. The molecule has 0 aromatic heterocycles. The molecule has 1 N–H and O–H groups in total. The van der Waals surface area contributed by atoms with Gasteiger partial charge in [-0.1, -0.05) is 0 Å². The Morgan fingerprint density at radius 3 is 2.41 bits per heavy atom. The van der Waals surface area contributed by atoms with E-state index in [2.05, 4.69) is 24.1 Å². The van der Waals surface area contributed by atoms with E-state index in [1.165, 1.54) is 32.5 Å². The lowest BCUT2D eigenvalue weighted by molar-refractivity contribution is -0.285. The lowest BCUT2D eigenvalue weighted by Gasteiger charge is -2.64. The van der Waals surface area contributed by atoms with Crippen LogP contribution in [0.5, 0.6) is 0 Å². The first-order chi connectivity index (χ1) is 8.07. The van der Waals surface area contributed by atoms with E-state index in [1.54, 1.807) is 0 Å². The Kier molecular flexibility index (Phi) is 2.06. The molecule has 17 heavy (non-hydrogen) atoms. The number of nitrogens with one attached hydrogen (secondary N) is 1. The second-order valence-corrected chi connectivity index (χ2v) is 7.28. The first kappa shape index (κ1) is 10.8. The minimum atomic E-state index is 0.0230. The van der Waals surface area contributed by atoms with E-state index in [0.29, 0.717) is 0 Å². The van der Waals surface area contributed by atoms with Crippen molar-refractivity contribution in [1.82, 2.24) is 10.2 Å². The van der Waals surface area contributed by atoms with Crippen LogP contribution in [0.2, 0.25) is 0 Å². The van der Waals surface area contributed by atoms with E-state index in [1.807, 2.05) is 0 Å². The van der Waals surface area contributed by atoms with Gasteiger partial charge in [-0.25, -0.2) is 0 Å². The van der Waals surface area contributed by atoms with Crippen molar-refractivity contribution in [3.63, 3.8) is 0 Å². The highest BCUT2D eigenvalue weighted by Gasteiger charge is 2.60. The van der Waals surface area contributed by atoms with Crippen LogP contribution in [-0.2, 0) is 4.74 Å². The number of piperidine rings is 3. The maximum absolute atomic E-state index is 6.60. The average molecular weight is 236 g/mol. The van der Waals surface area contributed by atoms with Gasteiger partial charge in [-0.05, 0) is 39.0 Å². The van der Waals surface area contributed by atoms with Gasteiger partial charge in [-0.15, -0.1) is 0 Å². The van der Waals surface area contributed by atoms with Crippen molar-refractivity contribution >= 4 is 0 Å². The molecule has 1 saturated carbocycles. The molecule has 5 aliphatic rings. The molecule has 0 radical (unpaired) electrons. The normalized spacial score (nSPS) is 55.4. The summed E-state index contributed by atoms with van der Waals surface area (Å²) < 4.78 is 6.60. The number of rotatable bonds is 0. The second-order valence-electron chi connectivity index (χ2n) is 7.28. The molecular weight excluding hydrogens is 212 g/mol. The average Bonchev–Trinajstić information content (AvgIpc) is 2.24. The summed E-state index contributed by atoms with van der Waals surface area (Å²) in [6, 6.07) is 0. The Morgan fingerprint density at radius 2 is 1.82 bits per heavy atom. The van der Waals surface area contributed by atoms with Crippen LogP contribution in [-0.4, -0.2) is 42.4 Å². The summed E-state index contributed by atoms with van der Waals surface area (Å²) in [5.41, 5.74) is 0.0884. The van der Waals surface area contributed by atoms with Gasteiger partial charge in [0, 0.05) is 38.0 Å². The van der Waals surface area contributed by atoms with Crippen LogP contribution >= 0.6 is 0 Å². The van der Waals surface area contributed by atoms with Crippen LogP contribution < -0.4 is 5.32 Å². The smallest absolute Gasteiger partial charge is 0.128 e. The standard InChI is InChI=1S/C14H24N2O/c1-13(2)3-4-15-14(17-13)11-5-10-6-12(14)9-16(7-10)8-11/h10-12,15H,3-9H2,1-2H3. The predicted octanol–water partition coefficient (Wildman–Crippen LogP) is 1.44. The third-order valence-corrected chi connectivity index (χ3v) is 5.50. The molecule has 3 nitrogen and oxygen atoms in total. The number of hydrogen-bond donors (Lipinski definition) is 1. The molecule has 4 heterocycles. The van der Waals surface area contributed by atoms with Crippen LogP contribution in [0.1, 0.15) is 33.1 Å². The zero-order valence-corrected chi connectivity index (χ0v) is 11.0. The monoisotopic (exact) mass is 236 g/mol. The Balaban J connectivity index is 1.68. The van der Waals surface area contributed by atoms with Gasteiger partial charge in [-0.2, -0.15) is 0 Å². The molecule has 3 heteroatoms. The molecule has 4 saturated heterocycles. The van der Waals surface area contributed by atoms with Crippen molar-refractivity contribution in [2.45, 2.75) is 44.4 Å². The molecule has 0 amide bonds. The summed E-state index contributed by atoms with van der Waals surface area (Å²) in [5.74, 6) is 2.41. The molecule has 0 aromatic rings. The molecule has 2 unspecified atom stereocenters. The molecule has 1 spiro atoms. The molecule has 1 aliphatic carbocycles. The topological polar surface area (TPSA) is 24.5 Å². The van der Waals surface area contributed by atoms with E-state index < -0.39 is 0 Å². The Bertz CT molecular complexity index is 311. The van der Waals surface area contributed by atoms with Crippen LogP contribution in [0.3, 0.4) is 0 Å². The van der Waals surface area contributed by atoms with Crippen LogP contribution in [0.25, 0.3) is 0 Å². The molecule has 4 bridgehead atoms. The zero-order valence-electron chi connectivity index (χ0n) is 11.0. The van der Waals surface area contributed by atoms with Crippen molar-refractivity contribution in [1.29, 1.82) is 0 Å².